The molecule has 0 unspecified atom stereocenters. The van der Waals surface area contributed by atoms with Crippen molar-refractivity contribution in [1.82, 2.24) is 4.98 Å². The monoisotopic (exact) mass is 174 g/mol. The molecule has 2 rings (SSSR count). The maximum Gasteiger partial charge on any atom is 0.227 e. The van der Waals surface area contributed by atoms with E-state index in [1.54, 1.807) is 12.4 Å². The summed E-state index contributed by atoms with van der Waals surface area (Å²) in [7, 11) is 1.96. The number of carbonyl (C=O) groups excluding carboxylic acids is 1. The minimum atomic E-state index is 0.132. The third-order valence-corrected chi connectivity index (χ3v) is 2.09. The van der Waals surface area contributed by atoms with Crippen LogP contribution in [0.15, 0.2) is 18.5 Å². The van der Waals surface area contributed by atoms with Crippen molar-refractivity contribution in [2.24, 2.45) is 5.92 Å². The van der Waals surface area contributed by atoms with Crippen molar-refractivity contribution in [3.8, 4) is 0 Å². The predicted molar refractivity (Wildman–Crippen MR) is 53.8 cm³/mol. The Morgan fingerprint density at radius 1 is 1.54 bits per heavy atom. The fourth-order valence-corrected chi connectivity index (χ4v) is 1.21. The van der Waals surface area contributed by atoms with Crippen molar-refractivity contribution in [3.63, 3.8) is 0 Å². The summed E-state index contributed by atoms with van der Waals surface area (Å²) in [4.78, 5) is 15.3. The van der Waals surface area contributed by atoms with Gasteiger partial charge in [-0.05, 0) is 18.9 Å². The first-order valence-corrected chi connectivity index (χ1v) is 4.48. The first-order chi connectivity index (χ1) is 6.25. The molecule has 0 spiro atoms. The highest BCUT2D eigenvalue weighted by atomic mass is 16.2. The Labute approximate surface area is 78.0 Å². The van der Waals surface area contributed by atoms with Gasteiger partial charge in [0.05, 0.1) is 11.9 Å². The molecule has 0 saturated heterocycles. The summed E-state index contributed by atoms with van der Waals surface area (Å²) in [5, 5.41) is 2.84. The van der Waals surface area contributed by atoms with Crippen LogP contribution in [0.1, 0.15) is 12.8 Å². The van der Waals surface area contributed by atoms with Crippen LogP contribution in [0, 0.1) is 5.92 Å². The summed E-state index contributed by atoms with van der Waals surface area (Å²) in [6, 6.07) is 1.92. The minimum absolute atomic E-state index is 0.132. The van der Waals surface area contributed by atoms with Gasteiger partial charge >= 0.3 is 0 Å². The van der Waals surface area contributed by atoms with Crippen LogP contribution in [0.4, 0.5) is 5.69 Å². The Morgan fingerprint density at radius 2 is 2.31 bits per heavy atom. The third-order valence-electron chi connectivity index (χ3n) is 2.09. The average Bonchev–Trinajstić information content (AvgIpc) is 2.85. The number of hydrogen-bond acceptors (Lipinski definition) is 2. The number of pyridine rings is 1. The second-order valence-electron chi connectivity index (χ2n) is 3.51. The molecule has 1 aromatic rings. The first kappa shape index (κ1) is 8.29. The first-order valence-electron chi connectivity index (χ1n) is 4.48. The highest BCUT2D eigenvalue weighted by molar-refractivity contribution is 6.32. The summed E-state index contributed by atoms with van der Waals surface area (Å²) in [5.41, 5.74) is 1.87. The van der Waals surface area contributed by atoms with E-state index in [1.165, 1.54) is 0 Å². The van der Waals surface area contributed by atoms with Gasteiger partial charge in [0.1, 0.15) is 7.85 Å². The minimum Gasteiger partial charge on any atom is -0.325 e. The molecule has 1 N–H and O–H groups in total. The Kier molecular flexibility index (Phi) is 2.04. The zero-order valence-electron chi connectivity index (χ0n) is 7.58. The van der Waals surface area contributed by atoms with Crippen LogP contribution in [-0.2, 0) is 4.79 Å². The summed E-state index contributed by atoms with van der Waals surface area (Å²) < 4.78 is 0. The van der Waals surface area contributed by atoms with Crippen molar-refractivity contribution < 1.29 is 4.79 Å². The lowest BCUT2D eigenvalue weighted by molar-refractivity contribution is -0.117. The number of rotatable bonds is 2. The maximum absolute atomic E-state index is 11.3. The van der Waals surface area contributed by atoms with Gasteiger partial charge in [-0.1, -0.05) is 5.46 Å². The molecular formula is C9H11BN2O. The van der Waals surface area contributed by atoms with Gasteiger partial charge < -0.3 is 5.32 Å². The van der Waals surface area contributed by atoms with Crippen molar-refractivity contribution in [3.05, 3.63) is 18.5 Å². The maximum atomic E-state index is 11.3. The number of nitrogens with zero attached hydrogens (tertiary/aromatic N) is 1. The van der Waals surface area contributed by atoms with Gasteiger partial charge in [0.2, 0.25) is 5.91 Å². The molecule has 1 saturated carbocycles. The molecular weight excluding hydrogens is 163 g/mol. The molecule has 0 aliphatic heterocycles. The molecule has 1 amide bonds. The SMILES string of the molecule is Bc1cncc(NC(=O)C2CC2)c1. The van der Waals surface area contributed by atoms with Gasteiger partial charge in [-0.3, -0.25) is 9.78 Å². The van der Waals surface area contributed by atoms with Gasteiger partial charge in [-0.15, -0.1) is 0 Å². The Morgan fingerprint density at radius 3 is 2.92 bits per heavy atom. The number of nitrogens with one attached hydrogen (secondary N) is 1. The van der Waals surface area contributed by atoms with Crippen LogP contribution in [-0.4, -0.2) is 18.7 Å². The van der Waals surface area contributed by atoms with Crippen LogP contribution >= 0.6 is 0 Å². The van der Waals surface area contributed by atoms with E-state index in [-0.39, 0.29) is 11.8 Å². The van der Waals surface area contributed by atoms with Crippen LogP contribution in [0.5, 0.6) is 0 Å². The normalized spacial score (nSPS) is 15.4. The van der Waals surface area contributed by atoms with Gasteiger partial charge in [0.15, 0.2) is 0 Å². The smallest absolute Gasteiger partial charge is 0.227 e. The highest BCUT2D eigenvalue weighted by Gasteiger charge is 2.29. The van der Waals surface area contributed by atoms with E-state index in [0.29, 0.717) is 0 Å². The Hall–Kier alpha value is -1.32. The van der Waals surface area contributed by atoms with Crippen molar-refractivity contribution in [1.29, 1.82) is 0 Å². The van der Waals surface area contributed by atoms with E-state index in [1.807, 2.05) is 13.9 Å². The van der Waals surface area contributed by atoms with E-state index in [2.05, 4.69) is 10.3 Å². The molecule has 1 aliphatic rings. The third kappa shape index (κ3) is 2.08. The lowest BCUT2D eigenvalue weighted by atomic mass is 9.99. The number of carbonyl (C=O) groups is 1. The molecule has 1 heterocycles. The number of anilines is 1. The van der Waals surface area contributed by atoms with Crippen LogP contribution < -0.4 is 10.8 Å². The zero-order chi connectivity index (χ0) is 9.26. The molecule has 13 heavy (non-hydrogen) atoms. The molecule has 3 nitrogen and oxygen atoms in total. The molecule has 1 fully saturated rings. The summed E-state index contributed by atoms with van der Waals surface area (Å²) >= 11 is 0. The van der Waals surface area contributed by atoms with E-state index in [4.69, 9.17) is 0 Å². The van der Waals surface area contributed by atoms with Gasteiger partial charge in [-0.25, -0.2) is 0 Å². The summed E-state index contributed by atoms with van der Waals surface area (Å²) in [5.74, 6) is 0.382. The van der Waals surface area contributed by atoms with Gasteiger partial charge in [0, 0.05) is 12.1 Å². The highest BCUT2D eigenvalue weighted by Crippen LogP contribution is 2.29. The standard InChI is InChI=1S/C9H11BN2O/c10-7-3-8(5-11-4-7)12-9(13)6-1-2-6/h3-6H,1-2,10H2,(H,12,13). The van der Waals surface area contributed by atoms with Gasteiger partial charge in [0.25, 0.3) is 0 Å². The van der Waals surface area contributed by atoms with Crippen molar-refractivity contribution >= 4 is 24.9 Å². The van der Waals surface area contributed by atoms with E-state index in [9.17, 15) is 4.79 Å². The van der Waals surface area contributed by atoms with Crippen molar-refractivity contribution in [2.45, 2.75) is 12.8 Å². The van der Waals surface area contributed by atoms with E-state index >= 15 is 0 Å². The van der Waals surface area contributed by atoms with E-state index < -0.39 is 0 Å². The molecule has 0 atom stereocenters. The van der Waals surface area contributed by atoms with Crippen LogP contribution in [0.3, 0.4) is 0 Å². The summed E-state index contributed by atoms with van der Waals surface area (Å²) in [6.07, 6.45) is 5.51. The lowest BCUT2D eigenvalue weighted by Gasteiger charge is -2.03. The largest absolute Gasteiger partial charge is 0.325 e. The quantitative estimate of drug-likeness (QED) is 0.624. The predicted octanol–water partition coefficient (Wildman–Crippen LogP) is -0.312. The Balaban J connectivity index is 2.04. The zero-order valence-corrected chi connectivity index (χ0v) is 7.58. The topological polar surface area (TPSA) is 42.0 Å². The van der Waals surface area contributed by atoms with Crippen LogP contribution in [0.25, 0.3) is 0 Å². The number of amides is 1. The molecule has 1 aromatic heterocycles. The van der Waals surface area contributed by atoms with Gasteiger partial charge in [-0.2, -0.15) is 0 Å². The van der Waals surface area contributed by atoms with Crippen molar-refractivity contribution in [2.75, 3.05) is 5.32 Å². The second-order valence-corrected chi connectivity index (χ2v) is 3.51. The van der Waals surface area contributed by atoms with Crippen LogP contribution in [0.2, 0.25) is 0 Å². The lowest BCUT2D eigenvalue weighted by Crippen LogP contribution is -2.15. The number of hydrogen-bond donors (Lipinski definition) is 1. The summed E-state index contributed by atoms with van der Waals surface area (Å²) in [6.45, 7) is 0. The van der Waals surface area contributed by atoms with E-state index in [0.717, 1.165) is 24.0 Å². The molecule has 4 heteroatoms. The number of aromatic nitrogens is 1. The fraction of sp³-hybridized carbons (Fsp3) is 0.333. The molecule has 0 bridgehead atoms. The fourth-order valence-electron chi connectivity index (χ4n) is 1.21. The average molecular weight is 174 g/mol. The molecule has 0 aromatic carbocycles. The Bertz CT molecular complexity index is 336. The molecule has 66 valence electrons. The molecule has 0 radical (unpaired) electrons. The molecule has 1 aliphatic carbocycles. The second kappa shape index (κ2) is 3.20.